The van der Waals surface area contributed by atoms with Crippen molar-refractivity contribution in [3.05, 3.63) is 34.7 Å². The zero-order valence-corrected chi connectivity index (χ0v) is 17.9. The number of benzene rings is 1. The molecule has 2 heterocycles. The van der Waals surface area contributed by atoms with Crippen molar-refractivity contribution in [1.29, 1.82) is 0 Å². The number of aromatic nitrogens is 2. The molecule has 2 aromatic rings. The average molecular weight is 400 g/mol. The van der Waals surface area contributed by atoms with Gasteiger partial charge in [0.2, 0.25) is 0 Å². The number of likely N-dealkylation sites (tertiary alicyclic amines) is 1. The van der Waals surface area contributed by atoms with Crippen LogP contribution in [0.3, 0.4) is 0 Å². The van der Waals surface area contributed by atoms with Crippen molar-refractivity contribution in [2.24, 2.45) is 11.8 Å². The van der Waals surface area contributed by atoms with Gasteiger partial charge in [0.05, 0.1) is 11.0 Å². The average Bonchev–Trinajstić information content (AvgIpc) is 3.00. The molecule has 160 valence electrons. The standard InChI is InChI=1S/C24H37N3O2/c1-2-26-22-12-8-9-13-23(22)27(24(26)29)21-14-15-25(17-20(21)18-28)16-19-10-6-4-3-5-7-11-19/h8-9,12-13,19-21,28H,2-7,10-11,14-18H2,1H3/t20-,21+/m1/s1. The summed E-state index contributed by atoms with van der Waals surface area (Å²) in [7, 11) is 0. The Labute approximate surface area is 174 Å². The molecule has 5 nitrogen and oxygen atoms in total. The number of rotatable bonds is 5. The number of aliphatic hydroxyl groups excluding tert-OH is 1. The van der Waals surface area contributed by atoms with E-state index in [9.17, 15) is 9.90 Å². The van der Waals surface area contributed by atoms with Crippen LogP contribution in [0.1, 0.15) is 64.3 Å². The summed E-state index contributed by atoms with van der Waals surface area (Å²) in [5, 5.41) is 10.2. The molecule has 1 N–H and O–H groups in total. The number of aryl methyl sites for hydroxylation is 1. The molecule has 1 aliphatic carbocycles. The van der Waals surface area contributed by atoms with E-state index in [1.165, 1.54) is 44.9 Å². The van der Waals surface area contributed by atoms with Crippen LogP contribution in [0, 0.1) is 11.8 Å². The van der Waals surface area contributed by atoms with Crippen molar-refractivity contribution in [2.75, 3.05) is 26.2 Å². The molecule has 0 radical (unpaired) electrons. The lowest BCUT2D eigenvalue weighted by Gasteiger charge is -2.40. The van der Waals surface area contributed by atoms with Gasteiger partial charge in [-0.15, -0.1) is 0 Å². The number of para-hydroxylation sites is 2. The smallest absolute Gasteiger partial charge is 0.329 e. The van der Waals surface area contributed by atoms with Crippen LogP contribution in [0.5, 0.6) is 0 Å². The quantitative estimate of drug-likeness (QED) is 0.826. The predicted molar refractivity (Wildman–Crippen MR) is 118 cm³/mol. The second-order valence-corrected chi connectivity index (χ2v) is 9.15. The van der Waals surface area contributed by atoms with Gasteiger partial charge in [-0.3, -0.25) is 9.13 Å². The maximum absolute atomic E-state index is 13.2. The van der Waals surface area contributed by atoms with Gasteiger partial charge in [-0.25, -0.2) is 4.79 Å². The Morgan fingerprint density at radius 1 is 1.00 bits per heavy atom. The third kappa shape index (κ3) is 4.31. The van der Waals surface area contributed by atoms with E-state index in [0.717, 1.165) is 43.0 Å². The first kappa shape index (κ1) is 20.7. The van der Waals surface area contributed by atoms with Gasteiger partial charge in [0, 0.05) is 44.7 Å². The topological polar surface area (TPSA) is 50.4 Å². The van der Waals surface area contributed by atoms with Gasteiger partial charge in [-0.05, 0) is 44.2 Å². The molecule has 29 heavy (non-hydrogen) atoms. The van der Waals surface area contributed by atoms with Crippen LogP contribution in [-0.2, 0) is 6.54 Å². The van der Waals surface area contributed by atoms with Crippen LogP contribution >= 0.6 is 0 Å². The Kier molecular flexibility index (Phi) is 6.76. The largest absolute Gasteiger partial charge is 0.396 e. The van der Waals surface area contributed by atoms with Crippen molar-refractivity contribution in [2.45, 2.75) is 70.9 Å². The summed E-state index contributed by atoms with van der Waals surface area (Å²) in [6.45, 7) is 5.93. The number of piperidine rings is 1. The Balaban J connectivity index is 1.52. The van der Waals surface area contributed by atoms with Crippen molar-refractivity contribution in [3.8, 4) is 0 Å². The highest BCUT2D eigenvalue weighted by Gasteiger charge is 2.33. The molecule has 1 aromatic heterocycles. The van der Waals surface area contributed by atoms with Gasteiger partial charge < -0.3 is 10.0 Å². The fourth-order valence-corrected chi connectivity index (χ4v) is 5.73. The van der Waals surface area contributed by atoms with E-state index in [2.05, 4.69) is 11.0 Å². The first-order chi connectivity index (χ1) is 14.2. The third-order valence-corrected chi connectivity index (χ3v) is 7.27. The van der Waals surface area contributed by atoms with Gasteiger partial charge in [0.15, 0.2) is 0 Å². The fourth-order valence-electron chi connectivity index (χ4n) is 5.73. The lowest BCUT2D eigenvalue weighted by Crippen LogP contribution is -2.46. The molecular formula is C24H37N3O2. The minimum absolute atomic E-state index is 0.0746. The molecular weight excluding hydrogens is 362 g/mol. The summed E-state index contributed by atoms with van der Waals surface area (Å²) in [6, 6.07) is 8.18. The lowest BCUT2D eigenvalue weighted by molar-refractivity contribution is 0.0647. The van der Waals surface area contributed by atoms with Crippen molar-refractivity contribution in [3.63, 3.8) is 0 Å². The van der Waals surface area contributed by atoms with Gasteiger partial charge in [0.25, 0.3) is 0 Å². The highest BCUT2D eigenvalue weighted by Crippen LogP contribution is 2.32. The SMILES string of the molecule is CCn1c(=O)n([C@H]2CCN(CC3CCCCCCC3)C[C@@H]2CO)c2ccccc21. The van der Waals surface area contributed by atoms with Gasteiger partial charge >= 0.3 is 5.69 Å². The molecule has 0 spiro atoms. The van der Waals surface area contributed by atoms with Crippen molar-refractivity contribution in [1.82, 2.24) is 14.0 Å². The highest BCUT2D eigenvalue weighted by atomic mass is 16.3. The molecule has 1 saturated carbocycles. The third-order valence-electron chi connectivity index (χ3n) is 7.27. The van der Waals surface area contributed by atoms with Crippen LogP contribution in [-0.4, -0.2) is 45.4 Å². The molecule has 1 aliphatic heterocycles. The number of imidazole rings is 1. The molecule has 1 aromatic carbocycles. The Bertz CT molecular complexity index is 847. The van der Waals surface area contributed by atoms with E-state index < -0.39 is 0 Å². The zero-order chi connectivity index (χ0) is 20.2. The number of hydrogen-bond donors (Lipinski definition) is 1. The van der Waals surface area contributed by atoms with E-state index >= 15 is 0 Å². The maximum Gasteiger partial charge on any atom is 0.329 e. The first-order valence-corrected chi connectivity index (χ1v) is 11.8. The maximum atomic E-state index is 13.2. The first-order valence-electron chi connectivity index (χ1n) is 11.8. The van der Waals surface area contributed by atoms with E-state index in [4.69, 9.17) is 0 Å². The Morgan fingerprint density at radius 3 is 2.38 bits per heavy atom. The summed E-state index contributed by atoms with van der Waals surface area (Å²) in [5.74, 6) is 0.919. The summed E-state index contributed by atoms with van der Waals surface area (Å²) >= 11 is 0. The number of aliphatic hydroxyl groups is 1. The molecule has 0 amide bonds. The lowest BCUT2D eigenvalue weighted by atomic mass is 9.88. The van der Waals surface area contributed by atoms with Crippen LogP contribution in [0.25, 0.3) is 11.0 Å². The highest BCUT2D eigenvalue weighted by molar-refractivity contribution is 5.76. The fraction of sp³-hybridized carbons (Fsp3) is 0.708. The molecule has 1 saturated heterocycles. The molecule has 5 heteroatoms. The van der Waals surface area contributed by atoms with Crippen LogP contribution in [0.2, 0.25) is 0 Å². The molecule has 2 aliphatic rings. The molecule has 4 rings (SSSR count). The van der Waals surface area contributed by atoms with E-state index in [1.807, 2.05) is 34.3 Å². The molecule has 2 fully saturated rings. The summed E-state index contributed by atoms with van der Waals surface area (Å²) in [5.41, 5.74) is 2.09. The van der Waals surface area contributed by atoms with Crippen molar-refractivity contribution < 1.29 is 5.11 Å². The second-order valence-electron chi connectivity index (χ2n) is 9.15. The van der Waals surface area contributed by atoms with E-state index in [0.29, 0.717) is 6.54 Å². The Hall–Kier alpha value is -1.59. The minimum atomic E-state index is 0.0746. The number of nitrogens with zero attached hydrogens (tertiary/aromatic N) is 3. The molecule has 2 atom stereocenters. The normalized spacial score (nSPS) is 25.2. The van der Waals surface area contributed by atoms with Gasteiger partial charge in [-0.2, -0.15) is 0 Å². The summed E-state index contributed by atoms with van der Waals surface area (Å²) in [4.78, 5) is 15.7. The number of hydrogen-bond acceptors (Lipinski definition) is 3. The monoisotopic (exact) mass is 399 g/mol. The van der Waals surface area contributed by atoms with Gasteiger partial charge in [-0.1, -0.05) is 44.2 Å². The van der Waals surface area contributed by atoms with Gasteiger partial charge in [0.1, 0.15) is 0 Å². The number of fused-ring (bicyclic) bond motifs is 1. The van der Waals surface area contributed by atoms with Crippen molar-refractivity contribution >= 4 is 11.0 Å². The predicted octanol–water partition coefficient (Wildman–Crippen LogP) is 4.04. The zero-order valence-electron chi connectivity index (χ0n) is 17.9. The van der Waals surface area contributed by atoms with Crippen LogP contribution in [0.4, 0.5) is 0 Å². The minimum Gasteiger partial charge on any atom is -0.396 e. The second kappa shape index (κ2) is 9.48. The van der Waals surface area contributed by atoms with Crippen LogP contribution in [0.15, 0.2) is 29.1 Å². The Morgan fingerprint density at radius 2 is 1.69 bits per heavy atom. The van der Waals surface area contributed by atoms with E-state index in [-0.39, 0.29) is 24.3 Å². The summed E-state index contributed by atoms with van der Waals surface area (Å²) in [6.07, 6.45) is 10.6. The molecule has 0 bridgehead atoms. The van der Waals surface area contributed by atoms with E-state index in [1.54, 1.807) is 0 Å². The summed E-state index contributed by atoms with van der Waals surface area (Å²) < 4.78 is 3.84. The van der Waals surface area contributed by atoms with Crippen LogP contribution < -0.4 is 5.69 Å². The molecule has 0 unspecified atom stereocenters.